The van der Waals surface area contributed by atoms with Gasteiger partial charge in [-0.1, -0.05) is 0 Å². The number of hydrogen-bond donors (Lipinski definition) is 4. The molecular weight excluding hydrogens is 212 g/mol. The number of rotatable bonds is 3. The van der Waals surface area contributed by atoms with Crippen molar-refractivity contribution in [3.63, 3.8) is 0 Å². The minimum atomic E-state index is -1.13. The van der Waals surface area contributed by atoms with Crippen molar-refractivity contribution in [2.24, 2.45) is 0 Å². The van der Waals surface area contributed by atoms with Gasteiger partial charge in [-0.15, -0.1) is 0 Å². The molecule has 0 aliphatic rings. The van der Waals surface area contributed by atoms with Gasteiger partial charge in [-0.25, -0.2) is 4.79 Å². The number of anilines is 1. The number of carbonyl (C=O) groups is 2. The normalized spacial score (nSPS) is 10.0. The number of carboxylic acid groups (broad SMARTS) is 1. The maximum absolute atomic E-state index is 11.5. The fraction of sp³-hybridized carbons (Fsp3) is 0. The van der Waals surface area contributed by atoms with Crippen LogP contribution in [0.1, 0.15) is 21.0 Å². The Morgan fingerprint density at radius 3 is 2.75 bits per heavy atom. The highest BCUT2D eigenvalue weighted by molar-refractivity contribution is 6.02. The maximum atomic E-state index is 11.5. The van der Waals surface area contributed by atoms with E-state index in [4.69, 9.17) is 5.11 Å². The molecule has 0 unspecified atom stereocenters. The molecule has 0 fully saturated rings. The maximum Gasteiger partial charge on any atom is 0.353 e. The quantitative estimate of drug-likeness (QED) is 0.609. The molecule has 0 bridgehead atoms. The zero-order chi connectivity index (χ0) is 11.5. The second kappa shape index (κ2) is 3.89. The van der Waals surface area contributed by atoms with Gasteiger partial charge in [0.05, 0.1) is 0 Å². The third-order valence-corrected chi connectivity index (χ3v) is 1.89. The standard InChI is InChI=1S/C9H8N4O3/c14-8(5-2-1-3-10-5)11-7-4-6(9(15)16)12-13-7/h1-4,10H,(H,15,16)(H2,11,12,13,14). The van der Waals surface area contributed by atoms with E-state index in [0.717, 1.165) is 0 Å². The van der Waals surface area contributed by atoms with Crippen LogP contribution < -0.4 is 5.32 Å². The van der Waals surface area contributed by atoms with Crippen molar-refractivity contribution < 1.29 is 14.7 Å². The van der Waals surface area contributed by atoms with E-state index in [-0.39, 0.29) is 17.4 Å². The summed E-state index contributed by atoms with van der Waals surface area (Å²) < 4.78 is 0. The van der Waals surface area contributed by atoms with Gasteiger partial charge in [-0.2, -0.15) is 5.10 Å². The van der Waals surface area contributed by atoms with E-state index < -0.39 is 5.97 Å². The van der Waals surface area contributed by atoms with E-state index in [0.29, 0.717) is 5.69 Å². The SMILES string of the molecule is O=C(O)c1cc(NC(=O)c2ccc[nH]2)n[nH]1. The smallest absolute Gasteiger partial charge is 0.353 e. The van der Waals surface area contributed by atoms with E-state index in [9.17, 15) is 9.59 Å². The number of amides is 1. The fourth-order valence-corrected chi connectivity index (χ4v) is 1.15. The molecule has 0 saturated heterocycles. The molecule has 2 aromatic heterocycles. The number of nitrogens with zero attached hydrogens (tertiary/aromatic N) is 1. The fourth-order valence-electron chi connectivity index (χ4n) is 1.15. The van der Waals surface area contributed by atoms with Gasteiger partial charge in [0.15, 0.2) is 5.82 Å². The average Bonchev–Trinajstić information content (AvgIpc) is 2.87. The van der Waals surface area contributed by atoms with Crippen molar-refractivity contribution in [3.8, 4) is 0 Å². The Balaban J connectivity index is 2.09. The van der Waals surface area contributed by atoms with Crippen molar-refractivity contribution in [1.29, 1.82) is 0 Å². The molecule has 0 aliphatic carbocycles. The van der Waals surface area contributed by atoms with Gasteiger partial charge in [-0.05, 0) is 12.1 Å². The summed E-state index contributed by atoms with van der Waals surface area (Å²) in [7, 11) is 0. The Morgan fingerprint density at radius 2 is 2.19 bits per heavy atom. The summed E-state index contributed by atoms with van der Waals surface area (Å²) in [6, 6.07) is 4.52. The number of H-pyrrole nitrogens is 2. The molecule has 16 heavy (non-hydrogen) atoms. The predicted octanol–water partition coefficient (Wildman–Crippen LogP) is 0.688. The van der Waals surface area contributed by atoms with Crippen molar-refractivity contribution >= 4 is 17.7 Å². The second-order valence-electron chi connectivity index (χ2n) is 3.01. The van der Waals surface area contributed by atoms with Crippen molar-refractivity contribution in [2.45, 2.75) is 0 Å². The monoisotopic (exact) mass is 220 g/mol. The van der Waals surface area contributed by atoms with Crippen LogP contribution >= 0.6 is 0 Å². The Morgan fingerprint density at radius 1 is 1.38 bits per heavy atom. The number of aromatic amines is 2. The molecule has 0 radical (unpaired) electrons. The Kier molecular flexibility index (Phi) is 2.42. The number of nitrogens with one attached hydrogen (secondary N) is 3. The van der Waals surface area contributed by atoms with Crippen LogP contribution in [0.4, 0.5) is 5.82 Å². The molecule has 4 N–H and O–H groups in total. The molecular formula is C9H8N4O3. The summed E-state index contributed by atoms with van der Waals surface area (Å²) in [4.78, 5) is 24.8. The lowest BCUT2D eigenvalue weighted by atomic mass is 10.4. The first kappa shape index (κ1) is 9.97. The highest BCUT2D eigenvalue weighted by Gasteiger charge is 2.11. The highest BCUT2D eigenvalue weighted by Crippen LogP contribution is 2.07. The summed E-state index contributed by atoms with van der Waals surface area (Å²) in [5.74, 6) is -1.35. The minimum absolute atomic E-state index is 0.0817. The van der Waals surface area contributed by atoms with E-state index in [2.05, 4.69) is 20.5 Å². The zero-order valence-corrected chi connectivity index (χ0v) is 8.02. The highest BCUT2D eigenvalue weighted by atomic mass is 16.4. The van der Waals surface area contributed by atoms with E-state index in [1.165, 1.54) is 6.07 Å². The number of aromatic nitrogens is 3. The van der Waals surface area contributed by atoms with Gasteiger partial charge in [0, 0.05) is 12.3 Å². The summed E-state index contributed by atoms with van der Waals surface area (Å²) in [6.45, 7) is 0. The van der Waals surface area contributed by atoms with Crippen LogP contribution in [-0.4, -0.2) is 32.2 Å². The van der Waals surface area contributed by atoms with Gasteiger partial charge in [0.1, 0.15) is 11.4 Å². The molecule has 0 aromatic carbocycles. The topological polar surface area (TPSA) is 111 Å². The average molecular weight is 220 g/mol. The van der Waals surface area contributed by atoms with Gasteiger partial charge >= 0.3 is 5.97 Å². The first-order valence-corrected chi connectivity index (χ1v) is 4.40. The molecule has 2 aromatic rings. The Hall–Kier alpha value is -2.57. The number of carbonyl (C=O) groups excluding carboxylic acids is 1. The van der Waals surface area contributed by atoms with Crippen LogP contribution in [0.25, 0.3) is 0 Å². The molecule has 2 rings (SSSR count). The van der Waals surface area contributed by atoms with E-state index >= 15 is 0 Å². The number of hydrogen-bond acceptors (Lipinski definition) is 3. The predicted molar refractivity (Wildman–Crippen MR) is 54.3 cm³/mol. The summed E-state index contributed by atoms with van der Waals surface area (Å²) in [5, 5.41) is 17.0. The van der Waals surface area contributed by atoms with Crippen molar-refractivity contribution in [1.82, 2.24) is 15.2 Å². The van der Waals surface area contributed by atoms with Crippen LogP contribution in [0.2, 0.25) is 0 Å². The molecule has 7 heteroatoms. The van der Waals surface area contributed by atoms with Crippen LogP contribution in [0.3, 0.4) is 0 Å². The van der Waals surface area contributed by atoms with Gasteiger partial charge in [-0.3, -0.25) is 9.89 Å². The molecule has 7 nitrogen and oxygen atoms in total. The largest absolute Gasteiger partial charge is 0.477 e. The second-order valence-corrected chi connectivity index (χ2v) is 3.01. The molecule has 0 spiro atoms. The van der Waals surface area contributed by atoms with E-state index in [1.807, 2.05) is 0 Å². The number of carboxylic acids is 1. The van der Waals surface area contributed by atoms with Crippen LogP contribution in [-0.2, 0) is 0 Å². The first-order chi connectivity index (χ1) is 7.66. The third-order valence-electron chi connectivity index (χ3n) is 1.89. The molecule has 2 heterocycles. The Bertz CT molecular complexity index is 515. The summed E-state index contributed by atoms with van der Waals surface area (Å²) in [6.07, 6.45) is 1.61. The first-order valence-electron chi connectivity index (χ1n) is 4.40. The third kappa shape index (κ3) is 1.92. The summed E-state index contributed by atoms with van der Waals surface area (Å²) >= 11 is 0. The lowest BCUT2D eigenvalue weighted by Gasteiger charge is -1.97. The number of aromatic carboxylic acids is 1. The molecule has 0 atom stereocenters. The molecule has 0 aliphatic heterocycles. The molecule has 82 valence electrons. The lowest BCUT2D eigenvalue weighted by Crippen LogP contribution is -2.12. The van der Waals surface area contributed by atoms with Crippen LogP contribution in [0, 0.1) is 0 Å². The van der Waals surface area contributed by atoms with Crippen molar-refractivity contribution in [2.75, 3.05) is 5.32 Å². The molecule has 1 amide bonds. The van der Waals surface area contributed by atoms with Gasteiger partial charge < -0.3 is 15.4 Å². The Labute approximate surface area is 89.5 Å². The minimum Gasteiger partial charge on any atom is -0.477 e. The lowest BCUT2D eigenvalue weighted by molar-refractivity contribution is 0.0690. The van der Waals surface area contributed by atoms with Crippen LogP contribution in [0.5, 0.6) is 0 Å². The molecule has 0 saturated carbocycles. The summed E-state index contributed by atoms with van der Waals surface area (Å²) in [5.41, 5.74) is 0.293. The van der Waals surface area contributed by atoms with Gasteiger partial charge in [0.2, 0.25) is 0 Å². The van der Waals surface area contributed by atoms with E-state index in [1.54, 1.807) is 18.3 Å². The van der Waals surface area contributed by atoms with Gasteiger partial charge in [0.25, 0.3) is 5.91 Å². The van der Waals surface area contributed by atoms with Crippen LogP contribution in [0.15, 0.2) is 24.4 Å². The zero-order valence-electron chi connectivity index (χ0n) is 8.02. The van der Waals surface area contributed by atoms with Crippen molar-refractivity contribution in [3.05, 3.63) is 35.8 Å².